The predicted molar refractivity (Wildman–Crippen MR) is 87.2 cm³/mol. The Morgan fingerprint density at radius 2 is 1.65 bits per heavy atom. The zero-order valence-electron chi connectivity index (χ0n) is 13.7. The molecule has 0 fully saturated rings. The average molecular weight is 277 g/mol. The van der Waals surface area contributed by atoms with E-state index in [2.05, 4.69) is 58.1 Å². The van der Waals surface area contributed by atoms with E-state index in [9.17, 15) is 5.11 Å². The third-order valence-electron chi connectivity index (χ3n) is 3.93. The van der Waals surface area contributed by atoms with Crippen molar-refractivity contribution in [1.82, 2.24) is 5.32 Å². The molecule has 2 heteroatoms. The fraction of sp³-hybridized carbons (Fsp3) is 0.667. The summed E-state index contributed by atoms with van der Waals surface area (Å²) in [4.78, 5) is 0. The van der Waals surface area contributed by atoms with Crippen molar-refractivity contribution in [2.24, 2.45) is 11.8 Å². The van der Waals surface area contributed by atoms with Crippen LogP contribution in [0.3, 0.4) is 0 Å². The monoisotopic (exact) mass is 277 g/mol. The molecule has 2 nitrogen and oxygen atoms in total. The van der Waals surface area contributed by atoms with Gasteiger partial charge in [0.1, 0.15) is 0 Å². The average Bonchev–Trinajstić information content (AvgIpc) is 2.35. The van der Waals surface area contributed by atoms with Crippen LogP contribution in [0.5, 0.6) is 0 Å². The molecule has 0 amide bonds. The van der Waals surface area contributed by atoms with Crippen LogP contribution >= 0.6 is 0 Å². The lowest BCUT2D eigenvalue weighted by Crippen LogP contribution is -2.29. The molecule has 0 spiro atoms. The number of hydrogen-bond acceptors (Lipinski definition) is 2. The molecule has 2 N–H and O–H groups in total. The van der Waals surface area contributed by atoms with Gasteiger partial charge in [0.05, 0.1) is 6.61 Å². The van der Waals surface area contributed by atoms with E-state index in [4.69, 9.17) is 0 Å². The molecule has 1 aromatic carbocycles. The lowest BCUT2D eigenvalue weighted by atomic mass is 9.91. The Morgan fingerprint density at radius 1 is 1.05 bits per heavy atom. The fourth-order valence-corrected chi connectivity index (χ4v) is 3.12. The van der Waals surface area contributed by atoms with Gasteiger partial charge in [-0.25, -0.2) is 0 Å². The number of aryl methyl sites for hydroxylation is 2. The molecule has 0 aliphatic heterocycles. The summed E-state index contributed by atoms with van der Waals surface area (Å²) in [5.74, 6) is 1.63. The second kappa shape index (κ2) is 8.43. The SMILES string of the molecule is Cc1cccc(C)c1C(CO)CNCC(C)CC(C)C. The van der Waals surface area contributed by atoms with Crippen molar-refractivity contribution in [1.29, 1.82) is 0 Å². The highest BCUT2D eigenvalue weighted by Crippen LogP contribution is 2.23. The number of benzene rings is 1. The van der Waals surface area contributed by atoms with Crippen molar-refractivity contribution in [2.45, 2.75) is 47.0 Å². The molecular formula is C18H31NO. The van der Waals surface area contributed by atoms with Crippen molar-refractivity contribution in [3.63, 3.8) is 0 Å². The minimum atomic E-state index is 0.197. The maximum Gasteiger partial charge on any atom is 0.0512 e. The van der Waals surface area contributed by atoms with Gasteiger partial charge < -0.3 is 10.4 Å². The molecular weight excluding hydrogens is 246 g/mol. The van der Waals surface area contributed by atoms with E-state index in [1.165, 1.54) is 23.1 Å². The quantitative estimate of drug-likeness (QED) is 0.760. The van der Waals surface area contributed by atoms with E-state index in [-0.39, 0.29) is 12.5 Å². The van der Waals surface area contributed by atoms with Crippen LogP contribution in [0.2, 0.25) is 0 Å². The molecule has 0 aliphatic rings. The summed E-state index contributed by atoms with van der Waals surface area (Å²) in [7, 11) is 0. The molecule has 1 aromatic rings. The van der Waals surface area contributed by atoms with Gasteiger partial charge in [-0.05, 0) is 55.3 Å². The lowest BCUT2D eigenvalue weighted by molar-refractivity contribution is 0.258. The van der Waals surface area contributed by atoms with Crippen LogP contribution in [-0.2, 0) is 0 Å². The highest BCUT2D eigenvalue weighted by Gasteiger charge is 2.15. The molecule has 1 rings (SSSR count). The summed E-state index contributed by atoms with van der Waals surface area (Å²) in [5.41, 5.74) is 3.86. The summed E-state index contributed by atoms with van der Waals surface area (Å²) in [6, 6.07) is 6.35. The highest BCUT2D eigenvalue weighted by atomic mass is 16.3. The van der Waals surface area contributed by atoms with Crippen LogP contribution < -0.4 is 5.32 Å². The first-order valence-corrected chi connectivity index (χ1v) is 7.83. The Labute approximate surface area is 124 Å². The van der Waals surface area contributed by atoms with Crippen LogP contribution in [0.4, 0.5) is 0 Å². The van der Waals surface area contributed by atoms with Crippen LogP contribution in [0.1, 0.15) is 49.8 Å². The topological polar surface area (TPSA) is 32.3 Å². The zero-order valence-corrected chi connectivity index (χ0v) is 13.7. The van der Waals surface area contributed by atoms with Gasteiger partial charge in [0.25, 0.3) is 0 Å². The van der Waals surface area contributed by atoms with Gasteiger partial charge in [0, 0.05) is 12.5 Å². The van der Waals surface area contributed by atoms with Gasteiger partial charge in [-0.3, -0.25) is 0 Å². The van der Waals surface area contributed by atoms with Crippen LogP contribution in [0, 0.1) is 25.7 Å². The molecule has 0 saturated heterocycles. The summed E-state index contributed by atoms with van der Waals surface area (Å²) in [6.45, 7) is 13.2. The molecule has 2 atom stereocenters. The van der Waals surface area contributed by atoms with E-state index < -0.39 is 0 Å². The predicted octanol–water partition coefficient (Wildman–Crippen LogP) is 3.65. The van der Waals surface area contributed by atoms with Crippen LogP contribution in [-0.4, -0.2) is 24.8 Å². The second-order valence-electron chi connectivity index (χ2n) is 6.58. The van der Waals surface area contributed by atoms with E-state index >= 15 is 0 Å². The summed E-state index contributed by atoms with van der Waals surface area (Å²) >= 11 is 0. The van der Waals surface area contributed by atoms with Crippen molar-refractivity contribution in [3.05, 3.63) is 34.9 Å². The largest absolute Gasteiger partial charge is 0.396 e. The Kier molecular flexibility index (Phi) is 7.25. The first-order valence-electron chi connectivity index (χ1n) is 7.83. The first kappa shape index (κ1) is 17.2. The fourth-order valence-electron chi connectivity index (χ4n) is 3.12. The summed E-state index contributed by atoms with van der Waals surface area (Å²) in [5, 5.41) is 13.2. The van der Waals surface area contributed by atoms with Gasteiger partial charge in [-0.1, -0.05) is 39.0 Å². The Bertz CT molecular complexity index is 380. The van der Waals surface area contributed by atoms with Crippen molar-refractivity contribution in [3.8, 4) is 0 Å². The van der Waals surface area contributed by atoms with Crippen LogP contribution in [0.15, 0.2) is 18.2 Å². The first-order chi connectivity index (χ1) is 9.45. The second-order valence-corrected chi connectivity index (χ2v) is 6.58. The van der Waals surface area contributed by atoms with Gasteiger partial charge in [-0.15, -0.1) is 0 Å². The number of nitrogens with one attached hydrogen (secondary N) is 1. The molecule has 114 valence electrons. The maximum atomic E-state index is 9.70. The number of hydrogen-bond donors (Lipinski definition) is 2. The molecule has 0 aromatic heterocycles. The number of aliphatic hydroxyl groups is 1. The van der Waals surface area contributed by atoms with Crippen LogP contribution in [0.25, 0.3) is 0 Å². The Morgan fingerprint density at radius 3 is 2.15 bits per heavy atom. The normalized spacial score (nSPS) is 14.6. The smallest absolute Gasteiger partial charge is 0.0512 e. The van der Waals surface area contributed by atoms with Crippen molar-refractivity contribution >= 4 is 0 Å². The summed E-state index contributed by atoms with van der Waals surface area (Å²) < 4.78 is 0. The lowest BCUT2D eigenvalue weighted by Gasteiger charge is -2.22. The third-order valence-corrected chi connectivity index (χ3v) is 3.93. The van der Waals surface area contributed by atoms with E-state index in [1.54, 1.807) is 0 Å². The number of aliphatic hydroxyl groups excluding tert-OH is 1. The highest BCUT2D eigenvalue weighted by molar-refractivity contribution is 5.36. The minimum Gasteiger partial charge on any atom is -0.396 e. The third kappa shape index (κ3) is 5.26. The molecule has 0 bridgehead atoms. The van der Waals surface area contributed by atoms with Gasteiger partial charge in [0.2, 0.25) is 0 Å². The van der Waals surface area contributed by atoms with Crippen molar-refractivity contribution in [2.75, 3.05) is 19.7 Å². The molecule has 0 radical (unpaired) electrons. The van der Waals surface area contributed by atoms with Crippen molar-refractivity contribution < 1.29 is 5.11 Å². The molecule has 2 unspecified atom stereocenters. The molecule has 0 saturated carbocycles. The van der Waals surface area contributed by atoms with Gasteiger partial charge in [-0.2, -0.15) is 0 Å². The maximum absolute atomic E-state index is 9.70. The van der Waals surface area contributed by atoms with E-state index in [0.717, 1.165) is 19.0 Å². The molecule has 0 aliphatic carbocycles. The van der Waals surface area contributed by atoms with Gasteiger partial charge in [0.15, 0.2) is 0 Å². The molecule has 20 heavy (non-hydrogen) atoms. The molecule has 0 heterocycles. The minimum absolute atomic E-state index is 0.197. The number of rotatable bonds is 8. The Hall–Kier alpha value is -0.860. The van der Waals surface area contributed by atoms with E-state index in [0.29, 0.717) is 5.92 Å². The Balaban J connectivity index is 2.56. The standard InChI is InChI=1S/C18H31NO/c1-13(2)9-14(3)10-19-11-17(12-20)18-15(4)7-6-8-16(18)5/h6-8,13-14,17,19-20H,9-12H2,1-5H3. The van der Waals surface area contributed by atoms with E-state index in [1.807, 2.05) is 0 Å². The zero-order chi connectivity index (χ0) is 15.1. The van der Waals surface area contributed by atoms with Gasteiger partial charge >= 0.3 is 0 Å². The summed E-state index contributed by atoms with van der Waals surface area (Å²) in [6.07, 6.45) is 1.25.